The molecule has 3 N–H and O–H groups in total. The molecule has 0 saturated carbocycles. The predicted octanol–water partition coefficient (Wildman–Crippen LogP) is 3.62. The van der Waals surface area contributed by atoms with Crippen LogP contribution in [0.4, 0.5) is 10.5 Å². The molecule has 0 bridgehead atoms. The van der Waals surface area contributed by atoms with Crippen LogP contribution in [0.3, 0.4) is 0 Å². The van der Waals surface area contributed by atoms with Crippen molar-refractivity contribution in [3.63, 3.8) is 0 Å². The summed E-state index contributed by atoms with van der Waals surface area (Å²) in [5.74, 6) is -0.586. The molecule has 0 aliphatic carbocycles. The van der Waals surface area contributed by atoms with Gasteiger partial charge in [-0.25, -0.2) is 4.79 Å². The third-order valence-electron chi connectivity index (χ3n) is 5.13. The maximum atomic E-state index is 12.2. The number of hydrogen-bond acceptors (Lipinski definition) is 7. The molecule has 1 saturated heterocycles. The fraction of sp³-hybridized carbons (Fsp3) is 0.500. The normalized spacial score (nSPS) is 18.0. The zero-order valence-corrected chi connectivity index (χ0v) is 19.7. The lowest BCUT2D eigenvalue weighted by atomic mass is 9.77. The van der Waals surface area contributed by atoms with Gasteiger partial charge < -0.3 is 29.9 Å². The number of hydrogen-bond donors (Lipinski definition) is 3. The molecule has 10 heteroatoms. The van der Waals surface area contributed by atoms with E-state index in [2.05, 4.69) is 15.8 Å². The van der Waals surface area contributed by atoms with E-state index in [0.29, 0.717) is 16.7 Å². The van der Waals surface area contributed by atoms with E-state index in [1.54, 1.807) is 45.0 Å². The van der Waals surface area contributed by atoms with Gasteiger partial charge >= 0.3 is 13.2 Å². The van der Waals surface area contributed by atoms with E-state index in [-0.39, 0.29) is 6.54 Å². The average molecular weight is 445 g/mol. The van der Waals surface area contributed by atoms with Crippen LogP contribution < -0.4 is 10.6 Å². The fourth-order valence-corrected chi connectivity index (χ4v) is 2.84. The molecule has 1 fully saturated rings. The number of nitrogens with zero attached hydrogens (tertiary/aromatic N) is 1. The van der Waals surface area contributed by atoms with Crippen molar-refractivity contribution in [1.82, 2.24) is 5.32 Å². The zero-order valence-electron chi connectivity index (χ0n) is 19.7. The highest BCUT2D eigenvalue weighted by Gasteiger charge is 2.52. The summed E-state index contributed by atoms with van der Waals surface area (Å²) in [6.07, 6.45) is 1.98. The van der Waals surface area contributed by atoms with Crippen LogP contribution in [-0.4, -0.2) is 53.9 Å². The van der Waals surface area contributed by atoms with Gasteiger partial charge in [0, 0.05) is 12.2 Å². The van der Waals surface area contributed by atoms with Crippen LogP contribution in [0.15, 0.2) is 34.9 Å². The highest BCUT2D eigenvalue weighted by Crippen LogP contribution is 2.39. The van der Waals surface area contributed by atoms with Gasteiger partial charge in [0.05, 0.1) is 11.2 Å². The summed E-state index contributed by atoms with van der Waals surface area (Å²) in [5.41, 5.74) is -0.00978. The molecule has 1 aliphatic rings. The van der Waals surface area contributed by atoms with Crippen molar-refractivity contribution in [3.05, 3.63) is 35.3 Å². The number of amides is 2. The Balaban J connectivity index is 2.36. The molecule has 0 unspecified atom stereocenters. The third-order valence-corrected chi connectivity index (χ3v) is 5.13. The second-order valence-corrected chi connectivity index (χ2v) is 9.48. The number of anilines is 1. The van der Waals surface area contributed by atoms with Crippen LogP contribution in [0, 0.1) is 0 Å². The zero-order chi connectivity index (χ0) is 24.2. The Bertz CT molecular complexity index is 889. The van der Waals surface area contributed by atoms with Gasteiger partial charge in [0.1, 0.15) is 11.8 Å². The SMILES string of the molecule is CC(C)(C)OC(=O)NCC(=Cc1ccccc1NC(=O)C=NO)B1OC(C)(C)C(C)(C)O1. The smallest absolute Gasteiger partial charge is 0.444 e. The molecule has 1 heterocycles. The monoisotopic (exact) mass is 445 g/mol. The van der Waals surface area contributed by atoms with Crippen molar-refractivity contribution < 1.29 is 28.8 Å². The lowest BCUT2D eigenvalue weighted by Crippen LogP contribution is -2.41. The Morgan fingerprint density at radius 1 is 1.16 bits per heavy atom. The van der Waals surface area contributed by atoms with Crippen molar-refractivity contribution >= 4 is 37.1 Å². The molecular weight excluding hydrogens is 413 g/mol. The van der Waals surface area contributed by atoms with E-state index < -0.39 is 35.9 Å². The molecule has 1 aromatic carbocycles. The number of benzene rings is 1. The van der Waals surface area contributed by atoms with Gasteiger partial charge in [-0.3, -0.25) is 4.79 Å². The molecule has 32 heavy (non-hydrogen) atoms. The molecule has 9 nitrogen and oxygen atoms in total. The van der Waals surface area contributed by atoms with Crippen molar-refractivity contribution in [2.75, 3.05) is 11.9 Å². The molecule has 0 aromatic heterocycles. The Kier molecular flexibility index (Phi) is 7.74. The number of para-hydroxylation sites is 1. The molecular formula is C22H32BN3O6. The van der Waals surface area contributed by atoms with Gasteiger partial charge in [-0.05, 0) is 65.6 Å². The minimum atomic E-state index is -0.724. The van der Waals surface area contributed by atoms with Gasteiger partial charge in [-0.15, -0.1) is 0 Å². The average Bonchev–Trinajstić information content (AvgIpc) is 2.86. The number of nitrogens with one attached hydrogen (secondary N) is 2. The minimum Gasteiger partial charge on any atom is -0.444 e. The molecule has 2 amide bonds. The summed E-state index contributed by atoms with van der Waals surface area (Å²) in [7, 11) is -0.724. The largest absolute Gasteiger partial charge is 0.492 e. The maximum Gasteiger partial charge on any atom is 0.492 e. The van der Waals surface area contributed by atoms with Gasteiger partial charge in [0.25, 0.3) is 5.91 Å². The number of rotatable bonds is 6. The van der Waals surface area contributed by atoms with Crippen molar-refractivity contribution in [3.8, 4) is 0 Å². The first kappa shape index (κ1) is 25.4. The minimum absolute atomic E-state index is 0.103. The van der Waals surface area contributed by atoms with Crippen LogP contribution >= 0.6 is 0 Å². The summed E-state index contributed by atoms with van der Waals surface area (Å²) >= 11 is 0. The molecule has 2 rings (SSSR count). The van der Waals surface area contributed by atoms with E-state index in [0.717, 1.165) is 6.21 Å². The van der Waals surface area contributed by atoms with Gasteiger partial charge in [-0.2, -0.15) is 0 Å². The molecule has 0 atom stereocenters. The van der Waals surface area contributed by atoms with E-state index >= 15 is 0 Å². The lowest BCUT2D eigenvalue weighted by Gasteiger charge is -2.32. The quantitative estimate of drug-likeness (QED) is 0.266. The van der Waals surface area contributed by atoms with Crippen molar-refractivity contribution in [1.29, 1.82) is 0 Å². The number of alkyl carbamates (subject to hydrolysis) is 1. The van der Waals surface area contributed by atoms with Crippen LogP contribution in [0.1, 0.15) is 54.0 Å². The molecule has 0 spiro atoms. The highest BCUT2D eigenvalue weighted by molar-refractivity contribution is 6.56. The van der Waals surface area contributed by atoms with E-state index in [1.165, 1.54) is 0 Å². The topological polar surface area (TPSA) is 118 Å². The van der Waals surface area contributed by atoms with Crippen LogP contribution in [0.2, 0.25) is 0 Å². The van der Waals surface area contributed by atoms with Crippen molar-refractivity contribution in [2.24, 2.45) is 5.16 Å². The third kappa shape index (κ3) is 6.83. The van der Waals surface area contributed by atoms with Crippen LogP contribution in [0.25, 0.3) is 6.08 Å². The number of carbonyl (C=O) groups is 2. The first-order valence-corrected chi connectivity index (χ1v) is 10.3. The number of carbonyl (C=O) groups excluding carboxylic acids is 2. The van der Waals surface area contributed by atoms with Gasteiger partial charge in [-0.1, -0.05) is 29.4 Å². The maximum absolute atomic E-state index is 12.2. The summed E-state index contributed by atoms with van der Waals surface area (Å²) in [6, 6.07) is 7.07. The standard InChI is InChI=1S/C22H32BN3O6/c1-20(2,3)30-19(28)24-13-16(23-31-21(4,5)22(6,7)32-23)12-15-10-8-9-11-17(15)26-18(27)14-25-29/h8-12,14,29H,13H2,1-7H3,(H,24,28)(H,26,27). The first-order chi connectivity index (χ1) is 14.7. The Hall–Kier alpha value is -2.85. The van der Waals surface area contributed by atoms with Crippen LogP contribution in [-0.2, 0) is 18.8 Å². The lowest BCUT2D eigenvalue weighted by molar-refractivity contribution is -0.110. The Morgan fingerprint density at radius 3 is 2.31 bits per heavy atom. The first-order valence-electron chi connectivity index (χ1n) is 10.3. The highest BCUT2D eigenvalue weighted by atomic mass is 16.7. The summed E-state index contributed by atoms with van der Waals surface area (Å²) < 4.78 is 17.7. The van der Waals surface area contributed by atoms with Gasteiger partial charge in [0.2, 0.25) is 0 Å². The van der Waals surface area contributed by atoms with E-state index in [9.17, 15) is 9.59 Å². The van der Waals surface area contributed by atoms with Gasteiger partial charge in [0.15, 0.2) is 0 Å². The number of oxime groups is 1. The second kappa shape index (κ2) is 9.75. The molecule has 0 radical (unpaired) electrons. The molecule has 174 valence electrons. The fourth-order valence-electron chi connectivity index (χ4n) is 2.84. The Labute approximate surface area is 189 Å². The summed E-state index contributed by atoms with van der Waals surface area (Å²) in [6.45, 7) is 13.2. The summed E-state index contributed by atoms with van der Waals surface area (Å²) in [4.78, 5) is 24.1. The Morgan fingerprint density at radius 2 is 1.75 bits per heavy atom. The van der Waals surface area contributed by atoms with Crippen LogP contribution in [0.5, 0.6) is 0 Å². The summed E-state index contributed by atoms with van der Waals surface area (Å²) in [5, 5.41) is 16.7. The molecule has 1 aliphatic heterocycles. The van der Waals surface area contributed by atoms with E-state index in [1.807, 2.05) is 33.8 Å². The van der Waals surface area contributed by atoms with Crippen molar-refractivity contribution in [2.45, 2.75) is 65.3 Å². The molecule has 1 aromatic rings. The number of ether oxygens (including phenoxy) is 1. The predicted molar refractivity (Wildman–Crippen MR) is 124 cm³/mol. The van der Waals surface area contributed by atoms with E-state index in [4.69, 9.17) is 19.3 Å². The second-order valence-electron chi connectivity index (χ2n) is 9.48.